The SMILES string of the molecule is CC(C)NS(=O)(=O)c1ccccc1N1CCC(C(C)N)C1. The predicted molar refractivity (Wildman–Crippen MR) is 85.9 cm³/mol. The van der Waals surface area contributed by atoms with E-state index >= 15 is 0 Å². The monoisotopic (exact) mass is 311 g/mol. The maximum absolute atomic E-state index is 12.5. The summed E-state index contributed by atoms with van der Waals surface area (Å²) in [5.74, 6) is 0.416. The molecule has 1 saturated heterocycles. The highest BCUT2D eigenvalue weighted by atomic mass is 32.2. The van der Waals surface area contributed by atoms with Crippen LogP contribution >= 0.6 is 0 Å². The highest BCUT2D eigenvalue weighted by Gasteiger charge is 2.29. The van der Waals surface area contributed by atoms with Crippen LogP contribution in [0.4, 0.5) is 5.69 Å². The molecule has 1 aromatic carbocycles. The number of rotatable bonds is 5. The number of nitrogens with one attached hydrogen (secondary N) is 1. The van der Waals surface area contributed by atoms with E-state index < -0.39 is 10.0 Å². The number of sulfonamides is 1. The van der Waals surface area contributed by atoms with Crippen molar-refractivity contribution >= 4 is 15.7 Å². The molecule has 2 rings (SSSR count). The van der Waals surface area contributed by atoms with Gasteiger partial charge in [0.05, 0.1) is 5.69 Å². The van der Waals surface area contributed by atoms with Gasteiger partial charge in [0, 0.05) is 25.2 Å². The lowest BCUT2D eigenvalue weighted by molar-refractivity contribution is 0.488. The van der Waals surface area contributed by atoms with Crippen molar-refractivity contribution in [3.63, 3.8) is 0 Å². The first-order chi connectivity index (χ1) is 9.81. The summed E-state index contributed by atoms with van der Waals surface area (Å²) in [6, 6.07) is 7.18. The first-order valence-electron chi connectivity index (χ1n) is 7.43. The molecule has 3 N–H and O–H groups in total. The number of nitrogens with zero attached hydrogens (tertiary/aromatic N) is 1. The highest BCUT2D eigenvalue weighted by molar-refractivity contribution is 7.89. The zero-order valence-electron chi connectivity index (χ0n) is 12.9. The minimum Gasteiger partial charge on any atom is -0.370 e. The summed E-state index contributed by atoms with van der Waals surface area (Å²) in [6.07, 6.45) is 1.00. The summed E-state index contributed by atoms with van der Waals surface area (Å²) >= 11 is 0. The number of hydrogen-bond donors (Lipinski definition) is 2. The summed E-state index contributed by atoms with van der Waals surface area (Å²) in [5.41, 5.74) is 6.74. The molecular weight excluding hydrogens is 286 g/mol. The molecule has 0 amide bonds. The molecule has 0 aromatic heterocycles. The van der Waals surface area contributed by atoms with Gasteiger partial charge in [-0.1, -0.05) is 12.1 Å². The van der Waals surface area contributed by atoms with Crippen LogP contribution in [0.2, 0.25) is 0 Å². The highest BCUT2D eigenvalue weighted by Crippen LogP contribution is 2.30. The van der Waals surface area contributed by atoms with Gasteiger partial charge in [-0.3, -0.25) is 0 Å². The topological polar surface area (TPSA) is 75.4 Å². The molecule has 5 nitrogen and oxygen atoms in total. The van der Waals surface area contributed by atoms with Gasteiger partial charge in [-0.25, -0.2) is 13.1 Å². The largest absolute Gasteiger partial charge is 0.370 e. The van der Waals surface area contributed by atoms with Crippen LogP contribution in [0.5, 0.6) is 0 Å². The fourth-order valence-corrected chi connectivity index (χ4v) is 4.23. The van der Waals surface area contributed by atoms with Gasteiger partial charge in [0.15, 0.2) is 0 Å². The molecule has 1 heterocycles. The van der Waals surface area contributed by atoms with Crippen molar-refractivity contribution in [3.8, 4) is 0 Å². The van der Waals surface area contributed by atoms with E-state index in [1.165, 1.54) is 0 Å². The third-order valence-electron chi connectivity index (χ3n) is 3.85. The van der Waals surface area contributed by atoms with Crippen LogP contribution in [0, 0.1) is 5.92 Å². The number of para-hydroxylation sites is 1. The molecule has 0 aliphatic carbocycles. The molecule has 21 heavy (non-hydrogen) atoms. The van der Waals surface area contributed by atoms with Crippen LogP contribution in [0.15, 0.2) is 29.2 Å². The summed E-state index contributed by atoms with van der Waals surface area (Å²) < 4.78 is 27.6. The fourth-order valence-electron chi connectivity index (χ4n) is 2.75. The molecule has 1 aromatic rings. The molecule has 1 fully saturated rings. The van der Waals surface area contributed by atoms with Gasteiger partial charge in [-0.2, -0.15) is 0 Å². The van der Waals surface area contributed by atoms with E-state index in [2.05, 4.69) is 9.62 Å². The van der Waals surface area contributed by atoms with Crippen LogP contribution in [-0.4, -0.2) is 33.6 Å². The third kappa shape index (κ3) is 3.75. The van der Waals surface area contributed by atoms with E-state index in [-0.39, 0.29) is 12.1 Å². The van der Waals surface area contributed by atoms with E-state index in [1.807, 2.05) is 32.9 Å². The molecule has 0 bridgehead atoms. The fraction of sp³-hybridized carbons (Fsp3) is 0.600. The quantitative estimate of drug-likeness (QED) is 0.865. The van der Waals surface area contributed by atoms with Gasteiger partial charge < -0.3 is 10.6 Å². The predicted octanol–water partition coefficient (Wildman–Crippen LogP) is 1.55. The molecule has 6 heteroatoms. The number of hydrogen-bond acceptors (Lipinski definition) is 4. The van der Waals surface area contributed by atoms with E-state index in [0.717, 1.165) is 25.2 Å². The Morgan fingerprint density at radius 3 is 2.52 bits per heavy atom. The summed E-state index contributed by atoms with van der Waals surface area (Å²) in [7, 11) is -3.49. The second-order valence-electron chi connectivity index (χ2n) is 6.10. The van der Waals surface area contributed by atoms with Gasteiger partial charge >= 0.3 is 0 Å². The van der Waals surface area contributed by atoms with Crippen molar-refractivity contribution in [2.24, 2.45) is 11.7 Å². The average molecular weight is 311 g/mol. The second-order valence-corrected chi connectivity index (χ2v) is 7.78. The molecule has 2 unspecified atom stereocenters. The van der Waals surface area contributed by atoms with E-state index in [0.29, 0.717) is 10.8 Å². The van der Waals surface area contributed by atoms with Gasteiger partial charge in [-0.15, -0.1) is 0 Å². The lowest BCUT2D eigenvalue weighted by Gasteiger charge is -2.23. The summed E-state index contributed by atoms with van der Waals surface area (Å²) in [4.78, 5) is 2.48. The van der Waals surface area contributed by atoms with E-state index in [1.54, 1.807) is 12.1 Å². The summed E-state index contributed by atoms with van der Waals surface area (Å²) in [5, 5.41) is 0. The Labute approximate surface area is 127 Å². The average Bonchev–Trinajstić information content (AvgIpc) is 2.87. The molecular formula is C15H25N3O2S. The second kappa shape index (κ2) is 6.34. The zero-order valence-corrected chi connectivity index (χ0v) is 13.7. The molecule has 0 saturated carbocycles. The lowest BCUT2D eigenvalue weighted by Crippen LogP contribution is -2.33. The van der Waals surface area contributed by atoms with Crippen LogP contribution in [0.25, 0.3) is 0 Å². The summed E-state index contributed by atoms with van der Waals surface area (Å²) in [6.45, 7) is 7.31. The van der Waals surface area contributed by atoms with Gasteiger partial charge in [0.1, 0.15) is 4.90 Å². The third-order valence-corrected chi connectivity index (χ3v) is 5.56. The van der Waals surface area contributed by atoms with Crippen molar-refractivity contribution < 1.29 is 8.42 Å². The Hall–Kier alpha value is -1.11. The van der Waals surface area contributed by atoms with Crippen LogP contribution in [0.3, 0.4) is 0 Å². The Balaban J connectivity index is 2.30. The van der Waals surface area contributed by atoms with Crippen LogP contribution < -0.4 is 15.4 Å². The van der Waals surface area contributed by atoms with Crippen molar-refractivity contribution in [1.82, 2.24) is 4.72 Å². The maximum Gasteiger partial charge on any atom is 0.242 e. The lowest BCUT2D eigenvalue weighted by atomic mass is 10.0. The molecule has 2 atom stereocenters. The number of benzene rings is 1. The smallest absolute Gasteiger partial charge is 0.242 e. The van der Waals surface area contributed by atoms with Crippen molar-refractivity contribution in [3.05, 3.63) is 24.3 Å². The Kier molecular flexibility index (Phi) is 4.91. The van der Waals surface area contributed by atoms with Crippen molar-refractivity contribution in [2.75, 3.05) is 18.0 Å². The molecule has 118 valence electrons. The van der Waals surface area contributed by atoms with Gasteiger partial charge in [-0.05, 0) is 45.2 Å². The Morgan fingerprint density at radius 1 is 1.29 bits per heavy atom. The van der Waals surface area contributed by atoms with Gasteiger partial charge in [0.25, 0.3) is 0 Å². The number of anilines is 1. The van der Waals surface area contributed by atoms with E-state index in [9.17, 15) is 8.42 Å². The Morgan fingerprint density at radius 2 is 1.95 bits per heavy atom. The molecule has 0 radical (unpaired) electrons. The standard InChI is InChI=1S/C15H25N3O2S/c1-11(2)17-21(19,20)15-7-5-4-6-14(15)18-9-8-13(10-18)12(3)16/h4-7,11-13,17H,8-10,16H2,1-3H3. The van der Waals surface area contributed by atoms with Crippen LogP contribution in [-0.2, 0) is 10.0 Å². The minimum atomic E-state index is -3.49. The van der Waals surface area contributed by atoms with Crippen molar-refractivity contribution in [2.45, 2.75) is 44.2 Å². The zero-order chi connectivity index (χ0) is 15.6. The molecule has 1 aliphatic heterocycles. The maximum atomic E-state index is 12.5. The van der Waals surface area contributed by atoms with Crippen LogP contribution in [0.1, 0.15) is 27.2 Å². The molecule has 0 spiro atoms. The first kappa shape index (κ1) is 16.3. The molecule has 1 aliphatic rings. The Bertz CT molecular complexity index is 584. The minimum absolute atomic E-state index is 0.126. The van der Waals surface area contributed by atoms with E-state index in [4.69, 9.17) is 5.73 Å². The normalized spacial score (nSPS) is 21.0. The number of nitrogens with two attached hydrogens (primary N) is 1. The van der Waals surface area contributed by atoms with Crippen molar-refractivity contribution in [1.29, 1.82) is 0 Å². The van der Waals surface area contributed by atoms with Gasteiger partial charge in [0.2, 0.25) is 10.0 Å². The first-order valence-corrected chi connectivity index (χ1v) is 8.91.